The number of hydrogen-bond donors (Lipinski definition) is 0. The van der Waals surface area contributed by atoms with Crippen LogP contribution in [0.3, 0.4) is 0 Å². The zero-order valence-corrected chi connectivity index (χ0v) is 20.1. The molecule has 6 heteroatoms. The average Bonchev–Trinajstić information content (AvgIpc) is 3.53. The fraction of sp³-hybridized carbons (Fsp3) is 0.920. The van der Waals surface area contributed by atoms with Crippen molar-refractivity contribution in [3.05, 3.63) is 0 Å². The zero-order chi connectivity index (χ0) is 22.6. The lowest BCUT2D eigenvalue weighted by Crippen LogP contribution is -2.39. The molecule has 2 heterocycles. The van der Waals surface area contributed by atoms with Gasteiger partial charge in [0.15, 0.2) is 0 Å². The second-order valence-corrected chi connectivity index (χ2v) is 10.6. The van der Waals surface area contributed by atoms with E-state index in [-0.39, 0.29) is 35.0 Å². The first-order chi connectivity index (χ1) is 14.6. The SMILES string of the molecule is CC(=O)CCOC1CCC(CCC2OC2(C)CCC2OC2(C)C)CC1OCCC(C)=O. The van der Waals surface area contributed by atoms with Gasteiger partial charge < -0.3 is 18.9 Å². The van der Waals surface area contributed by atoms with Gasteiger partial charge in [-0.25, -0.2) is 0 Å². The van der Waals surface area contributed by atoms with Crippen LogP contribution in [0.15, 0.2) is 0 Å². The van der Waals surface area contributed by atoms with Gasteiger partial charge in [0.25, 0.3) is 0 Å². The van der Waals surface area contributed by atoms with E-state index in [9.17, 15) is 9.59 Å². The van der Waals surface area contributed by atoms with Crippen LogP contribution in [0.5, 0.6) is 0 Å². The van der Waals surface area contributed by atoms with Crippen molar-refractivity contribution in [3.8, 4) is 0 Å². The Bertz CT molecular complexity index is 632. The van der Waals surface area contributed by atoms with Crippen molar-refractivity contribution in [2.24, 2.45) is 5.92 Å². The van der Waals surface area contributed by atoms with Crippen molar-refractivity contribution in [1.82, 2.24) is 0 Å². The second-order valence-electron chi connectivity index (χ2n) is 10.6. The van der Waals surface area contributed by atoms with Gasteiger partial charge in [-0.05, 0) is 85.5 Å². The molecule has 0 aromatic heterocycles. The maximum Gasteiger partial charge on any atom is 0.132 e. The first kappa shape index (κ1) is 24.8. The van der Waals surface area contributed by atoms with Crippen molar-refractivity contribution in [2.75, 3.05) is 13.2 Å². The molecule has 0 aromatic carbocycles. The van der Waals surface area contributed by atoms with E-state index in [4.69, 9.17) is 18.9 Å². The Labute approximate surface area is 187 Å². The molecule has 3 rings (SSSR count). The molecule has 3 fully saturated rings. The number of Topliss-reactive ketones (excluding diaryl/α,β-unsaturated/α-hetero) is 2. The molecule has 1 saturated carbocycles. The normalized spacial score (nSPS) is 36.2. The van der Waals surface area contributed by atoms with Crippen molar-refractivity contribution in [1.29, 1.82) is 0 Å². The van der Waals surface area contributed by atoms with Crippen LogP contribution in [0.25, 0.3) is 0 Å². The molecule has 0 aromatic rings. The highest BCUT2D eigenvalue weighted by molar-refractivity contribution is 5.75. The molecule has 0 spiro atoms. The highest BCUT2D eigenvalue weighted by Gasteiger charge is 2.54. The molecular formula is C25H42O6. The van der Waals surface area contributed by atoms with Crippen molar-refractivity contribution >= 4 is 11.6 Å². The van der Waals surface area contributed by atoms with Gasteiger partial charge in [0, 0.05) is 12.8 Å². The number of ketones is 2. The number of ether oxygens (including phenoxy) is 4. The molecule has 2 aliphatic heterocycles. The highest BCUT2D eigenvalue weighted by atomic mass is 16.6. The average molecular weight is 439 g/mol. The second kappa shape index (κ2) is 10.4. The van der Waals surface area contributed by atoms with E-state index in [1.54, 1.807) is 13.8 Å². The molecule has 1 aliphatic carbocycles. The summed E-state index contributed by atoms with van der Waals surface area (Å²) in [6.45, 7) is 10.6. The fourth-order valence-corrected chi connectivity index (χ4v) is 4.94. The van der Waals surface area contributed by atoms with E-state index in [1.165, 1.54) is 0 Å². The van der Waals surface area contributed by atoms with Crippen LogP contribution in [-0.4, -0.2) is 60.4 Å². The zero-order valence-electron chi connectivity index (χ0n) is 20.1. The minimum atomic E-state index is 0.00538. The maximum atomic E-state index is 11.3. The third kappa shape index (κ3) is 7.62. The summed E-state index contributed by atoms with van der Waals surface area (Å²) in [4.78, 5) is 22.5. The van der Waals surface area contributed by atoms with Gasteiger partial charge in [-0.3, -0.25) is 9.59 Å². The molecular weight excluding hydrogens is 396 g/mol. The van der Waals surface area contributed by atoms with E-state index in [0.29, 0.717) is 44.2 Å². The molecule has 3 aliphatic rings. The molecule has 6 atom stereocenters. The van der Waals surface area contributed by atoms with Crippen molar-refractivity contribution < 1.29 is 28.5 Å². The van der Waals surface area contributed by atoms with Gasteiger partial charge in [0.2, 0.25) is 0 Å². The smallest absolute Gasteiger partial charge is 0.132 e. The summed E-state index contributed by atoms with van der Waals surface area (Å²) < 4.78 is 23.8. The summed E-state index contributed by atoms with van der Waals surface area (Å²) in [6.07, 6.45) is 9.05. The predicted octanol–water partition coefficient (Wildman–Crippen LogP) is 4.41. The summed E-state index contributed by atoms with van der Waals surface area (Å²) >= 11 is 0. The molecule has 0 N–H and O–H groups in total. The molecule has 0 bridgehead atoms. The van der Waals surface area contributed by atoms with Crippen molar-refractivity contribution in [3.63, 3.8) is 0 Å². The van der Waals surface area contributed by atoms with E-state index < -0.39 is 0 Å². The minimum Gasteiger partial charge on any atom is -0.375 e. The third-order valence-electron chi connectivity index (χ3n) is 7.35. The predicted molar refractivity (Wildman–Crippen MR) is 118 cm³/mol. The summed E-state index contributed by atoms with van der Waals surface area (Å²) in [5.74, 6) is 0.882. The summed E-state index contributed by atoms with van der Waals surface area (Å²) in [5, 5.41) is 0. The van der Waals surface area contributed by atoms with Gasteiger partial charge in [-0.1, -0.05) is 0 Å². The Morgan fingerprint density at radius 1 is 0.839 bits per heavy atom. The Hall–Kier alpha value is -0.820. The highest BCUT2D eigenvalue weighted by Crippen LogP contribution is 2.48. The topological polar surface area (TPSA) is 77.7 Å². The van der Waals surface area contributed by atoms with E-state index >= 15 is 0 Å². The summed E-state index contributed by atoms with van der Waals surface area (Å²) in [7, 11) is 0. The molecule has 6 nitrogen and oxygen atoms in total. The largest absolute Gasteiger partial charge is 0.375 e. The lowest BCUT2D eigenvalue weighted by atomic mass is 9.81. The lowest BCUT2D eigenvalue weighted by molar-refractivity contribution is -0.127. The Morgan fingerprint density at radius 2 is 1.45 bits per heavy atom. The van der Waals surface area contributed by atoms with Crippen LogP contribution in [-0.2, 0) is 28.5 Å². The third-order valence-corrected chi connectivity index (χ3v) is 7.35. The molecule has 6 unspecified atom stereocenters. The quantitative estimate of drug-likeness (QED) is 0.374. The van der Waals surface area contributed by atoms with Gasteiger partial charge >= 0.3 is 0 Å². The number of carbonyl (C=O) groups excluding carboxylic acids is 2. The minimum absolute atomic E-state index is 0.00538. The van der Waals surface area contributed by atoms with Crippen LogP contribution < -0.4 is 0 Å². The molecule has 178 valence electrons. The molecule has 31 heavy (non-hydrogen) atoms. The number of epoxide rings is 2. The molecule has 2 saturated heterocycles. The van der Waals surface area contributed by atoms with Crippen LogP contribution in [0.1, 0.15) is 92.4 Å². The van der Waals surface area contributed by atoms with Gasteiger partial charge in [0.1, 0.15) is 11.6 Å². The maximum absolute atomic E-state index is 11.3. The van der Waals surface area contributed by atoms with Gasteiger partial charge in [-0.15, -0.1) is 0 Å². The number of hydrogen-bond acceptors (Lipinski definition) is 6. The first-order valence-corrected chi connectivity index (χ1v) is 12.2. The van der Waals surface area contributed by atoms with Crippen LogP contribution in [0.4, 0.5) is 0 Å². The fourth-order valence-electron chi connectivity index (χ4n) is 4.94. The van der Waals surface area contributed by atoms with Crippen LogP contribution in [0.2, 0.25) is 0 Å². The summed E-state index contributed by atoms with van der Waals surface area (Å²) in [6, 6.07) is 0. The lowest BCUT2D eigenvalue weighted by Gasteiger charge is -2.36. The Kier molecular flexibility index (Phi) is 8.33. The van der Waals surface area contributed by atoms with Crippen LogP contribution >= 0.6 is 0 Å². The number of carbonyl (C=O) groups is 2. The standard InChI is InChI=1S/C25H42O6/c1-17(26)11-14-28-20-8-6-19(16-21(20)29-15-12-18(2)27)7-9-23-25(5,31-23)13-10-22-24(3,4)30-22/h19-23H,6-16H2,1-5H3. The Morgan fingerprint density at radius 3 is 2.03 bits per heavy atom. The van der Waals surface area contributed by atoms with E-state index in [1.807, 2.05) is 0 Å². The van der Waals surface area contributed by atoms with E-state index in [0.717, 1.165) is 44.9 Å². The number of rotatable bonds is 14. The van der Waals surface area contributed by atoms with Crippen LogP contribution in [0, 0.1) is 5.92 Å². The van der Waals surface area contributed by atoms with E-state index in [2.05, 4.69) is 20.8 Å². The molecule has 0 amide bonds. The van der Waals surface area contributed by atoms with Gasteiger partial charge in [-0.2, -0.15) is 0 Å². The van der Waals surface area contributed by atoms with Crippen molar-refractivity contribution in [2.45, 2.75) is 128 Å². The summed E-state index contributed by atoms with van der Waals surface area (Å²) in [5.41, 5.74) is 0.0791. The Balaban J connectivity index is 1.40. The first-order valence-electron chi connectivity index (χ1n) is 12.2. The molecule has 0 radical (unpaired) electrons. The monoisotopic (exact) mass is 438 g/mol. The van der Waals surface area contributed by atoms with Gasteiger partial charge in [0.05, 0.1) is 48.8 Å².